The average Bonchev–Trinajstić information content (AvgIpc) is 3.47. The number of rotatable bonds is 2. The van der Waals surface area contributed by atoms with E-state index in [4.69, 9.17) is 0 Å². The first-order chi connectivity index (χ1) is 15.4. The third kappa shape index (κ3) is 2.21. The number of imide groups is 1. The predicted octanol–water partition coefficient (Wildman–Crippen LogP) is 3.60. The summed E-state index contributed by atoms with van der Waals surface area (Å²) in [6, 6.07) is 13.3. The smallest absolute Gasteiger partial charge is 0.253 e. The van der Waals surface area contributed by atoms with Gasteiger partial charge < -0.3 is 4.90 Å². The molecule has 4 heterocycles. The number of benzene rings is 2. The first-order valence-electron chi connectivity index (χ1n) is 11.2. The maximum absolute atomic E-state index is 14.1. The van der Waals surface area contributed by atoms with Crippen molar-refractivity contribution >= 4 is 45.0 Å². The average molecular weight is 494 g/mol. The molecular weight excluding hydrogens is 470 g/mol. The lowest BCUT2D eigenvalue weighted by molar-refractivity contribution is -0.137. The summed E-state index contributed by atoms with van der Waals surface area (Å²) in [6.07, 6.45) is 1.75. The minimum atomic E-state index is -1.10. The van der Waals surface area contributed by atoms with E-state index in [2.05, 4.69) is 20.8 Å². The Labute approximate surface area is 195 Å². The van der Waals surface area contributed by atoms with Crippen molar-refractivity contribution in [3.63, 3.8) is 0 Å². The molecule has 164 valence electrons. The Bertz CT molecular complexity index is 1200. The maximum atomic E-state index is 14.1. The van der Waals surface area contributed by atoms with E-state index in [9.17, 15) is 14.4 Å². The van der Waals surface area contributed by atoms with Gasteiger partial charge in [-0.2, -0.15) is 0 Å². The number of nitrogens with zero attached hydrogens (tertiary/aromatic N) is 3. The van der Waals surface area contributed by atoms with Crippen molar-refractivity contribution < 1.29 is 14.4 Å². The lowest BCUT2D eigenvalue weighted by Crippen LogP contribution is -2.56. The fourth-order valence-electron chi connectivity index (χ4n) is 6.69. The van der Waals surface area contributed by atoms with Gasteiger partial charge in [0.05, 0.1) is 17.5 Å². The maximum Gasteiger partial charge on any atom is 0.253 e. The summed E-state index contributed by atoms with van der Waals surface area (Å²) in [4.78, 5) is 47.3. The van der Waals surface area contributed by atoms with Crippen LogP contribution in [0.4, 0.5) is 11.4 Å². The van der Waals surface area contributed by atoms with Crippen molar-refractivity contribution in [1.82, 2.24) is 4.90 Å². The van der Waals surface area contributed by atoms with E-state index in [-0.39, 0.29) is 23.8 Å². The predicted molar refractivity (Wildman–Crippen MR) is 124 cm³/mol. The fraction of sp³-hybridized carbons (Fsp3) is 0.400. The molecule has 3 fully saturated rings. The fourth-order valence-corrected chi connectivity index (χ4v) is 7.36. The summed E-state index contributed by atoms with van der Waals surface area (Å²) >= 11 is 3.55. The summed E-state index contributed by atoms with van der Waals surface area (Å²) in [7, 11) is 0. The Kier molecular flexibility index (Phi) is 4.24. The molecule has 0 aliphatic carbocycles. The van der Waals surface area contributed by atoms with Crippen LogP contribution in [0, 0.1) is 18.8 Å². The van der Waals surface area contributed by atoms with Crippen LogP contribution in [0.25, 0.3) is 0 Å². The molecule has 3 amide bonds. The van der Waals surface area contributed by atoms with Crippen LogP contribution in [0.2, 0.25) is 0 Å². The Balaban J connectivity index is 1.57. The molecule has 0 bridgehead atoms. The van der Waals surface area contributed by atoms with Crippen molar-refractivity contribution in [2.75, 3.05) is 22.9 Å². The second kappa shape index (κ2) is 6.75. The van der Waals surface area contributed by atoms with E-state index < -0.39 is 17.4 Å². The van der Waals surface area contributed by atoms with Crippen LogP contribution in [0.15, 0.2) is 46.9 Å². The molecule has 6 nitrogen and oxygen atoms in total. The van der Waals surface area contributed by atoms with Crippen LogP contribution in [0.3, 0.4) is 0 Å². The highest BCUT2D eigenvalue weighted by Gasteiger charge is 2.75. The molecule has 2 aromatic rings. The Morgan fingerprint density at radius 2 is 1.84 bits per heavy atom. The van der Waals surface area contributed by atoms with Crippen LogP contribution in [-0.2, 0) is 19.9 Å². The number of halogens is 1. The molecule has 3 saturated heterocycles. The zero-order valence-electron chi connectivity index (χ0n) is 18.0. The molecule has 4 aliphatic heterocycles. The number of aryl methyl sites for hydroxylation is 1. The van der Waals surface area contributed by atoms with E-state index in [0.717, 1.165) is 36.2 Å². The van der Waals surface area contributed by atoms with Crippen LogP contribution in [-0.4, -0.2) is 41.8 Å². The van der Waals surface area contributed by atoms with E-state index in [0.29, 0.717) is 16.7 Å². The molecular formula is C25H24BrN3O3. The molecule has 4 aliphatic rings. The third-order valence-electron chi connectivity index (χ3n) is 7.80. The molecule has 2 aromatic carbocycles. The number of amides is 3. The normalized spacial score (nSPS) is 31.1. The Hall–Kier alpha value is -2.51. The summed E-state index contributed by atoms with van der Waals surface area (Å²) < 4.78 is 0.713. The van der Waals surface area contributed by atoms with Crippen molar-refractivity contribution in [3.8, 4) is 0 Å². The standard InChI is InChI=1S/C25H24BrN3O3/c1-3-27-17-8-5-4-7-15(17)25(24(27)32)21-20(19-9-6-12-28(19)25)22(30)29(23(21)31)18-11-10-14(2)13-16(18)26/h4-5,7-8,10-11,13,19-21H,3,6,9,12H2,1-2H3/t19-,20-,21+,25+/m1/s1. The van der Waals surface area contributed by atoms with Gasteiger partial charge in [0, 0.05) is 28.3 Å². The van der Waals surface area contributed by atoms with E-state index >= 15 is 0 Å². The quantitative estimate of drug-likeness (QED) is 0.599. The lowest BCUT2D eigenvalue weighted by Gasteiger charge is -2.37. The van der Waals surface area contributed by atoms with Gasteiger partial charge in [0.2, 0.25) is 11.8 Å². The topological polar surface area (TPSA) is 60.9 Å². The monoisotopic (exact) mass is 493 g/mol. The molecule has 0 radical (unpaired) electrons. The second-order valence-electron chi connectivity index (χ2n) is 9.21. The lowest BCUT2D eigenvalue weighted by atomic mass is 9.75. The number of carbonyl (C=O) groups excluding carboxylic acids is 3. The minimum absolute atomic E-state index is 0.0634. The van der Waals surface area contributed by atoms with Crippen LogP contribution >= 0.6 is 15.9 Å². The summed E-state index contributed by atoms with van der Waals surface area (Å²) in [5.74, 6) is -1.73. The molecule has 32 heavy (non-hydrogen) atoms. The largest absolute Gasteiger partial charge is 0.310 e. The molecule has 0 N–H and O–H groups in total. The minimum Gasteiger partial charge on any atom is -0.310 e. The van der Waals surface area contributed by atoms with Crippen molar-refractivity contribution in [2.24, 2.45) is 11.8 Å². The summed E-state index contributed by atoms with van der Waals surface area (Å²) in [6.45, 7) is 5.18. The van der Waals surface area contributed by atoms with Crippen molar-refractivity contribution in [1.29, 1.82) is 0 Å². The van der Waals surface area contributed by atoms with Gasteiger partial charge in [-0.25, -0.2) is 4.90 Å². The zero-order valence-corrected chi connectivity index (χ0v) is 19.6. The molecule has 0 aromatic heterocycles. The molecule has 6 rings (SSSR count). The van der Waals surface area contributed by atoms with Gasteiger partial charge in [0.1, 0.15) is 5.54 Å². The van der Waals surface area contributed by atoms with E-state index in [1.807, 2.05) is 56.3 Å². The molecule has 0 unspecified atom stereocenters. The van der Waals surface area contributed by atoms with Gasteiger partial charge in [-0.3, -0.25) is 19.3 Å². The SMILES string of the molecule is CCN1C(=O)[C@]2(c3ccccc31)[C@@H]1C(=O)N(c3ccc(C)cc3Br)C(=O)[C@@H]1[C@H]1CCCN12. The number of para-hydroxylation sites is 1. The third-order valence-corrected chi connectivity index (χ3v) is 8.44. The number of carbonyl (C=O) groups is 3. The van der Waals surface area contributed by atoms with Crippen LogP contribution in [0.1, 0.15) is 30.9 Å². The molecule has 0 saturated carbocycles. The zero-order chi connectivity index (χ0) is 22.4. The van der Waals surface area contributed by atoms with Gasteiger partial charge in [-0.15, -0.1) is 0 Å². The number of likely N-dealkylation sites (N-methyl/N-ethyl adjacent to an activating group) is 1. The number of fused-ring (bicyclic) bond motifs is 7. The summed E-state index contributed by atoms with van der Waals surface area (Å²) in [5.41, 5.74) is 2.23. The van der Waals surface area contributed by atoms with Gasteiger partial charge in [0.25, 0.3) is 5.91 Å². The first-order valence-corrected chi connectivity index (χ1v) is 12.0. The van der Waals surface area contributed by atoms with Gasteiger partial charge in [0.15, 0.2) is 0 Å². The van der Waals surface area contributed by atoms with Crippen LogP contribution < -0.4 is 9.80 Å². The van der Waals surface area contributed by atoms with Gasteiger partial charge in [-0.1, -0.05) is 24.3 Å². The molecule has 7 heteroatoms. The van der Waals surface area contributed by atoms with E-state index in [1.165, 1.54) is 4.90 Å². The highest BCUT2D eigenvalue weighted by Crippen LogP contribution is 2.62. The molecule has 1 spiro atoms. The van der Waals surface area contributed by atoms with Crippen molar-refractivity contribution in [2.45, 2.75) is 38.3 Å². The number of anilines is 2. The van der Waals surface area contributed by atoms with Crippen molar-refractivity contribution in [3.05, 3.63) is 58.1 Å². The Morgan fingerprint density at radius 3 is 2.59 bits per heavy atom. The number of hydrogen-bond donors (Lipinski definition) is 0. The van der Waals surface area contributed by atoms with Gasteiger partial charge in [-0.05, 0) is 72.9 Å². The molecule has 4 atom stereocenters. The highest BCUT2D eigenvalue weighted by atomic mass is 79.9. The second-order valence-corrected chi connectivity index (χ2v) is 10.1. The van der Waals surface area contributed by atoms with Crippen LogP contribution in [0.5, 0.6) is 0 Å². The Morgan fingerprint density at radius 1 is 1.06 bits per heavy atom. The van der Waals surface area contributed by atoms with Gasteiger partial charge >= 0.3 is 0 Å². The number of hydrogen-bond acceptors (Lipinski definition) is 4. The summed E-state index contributed by atoms with van der Waals surface area (Å²) in [5, 5.41) is 0. The highest BCUT2D eigenvalue weighted by molar-refractivity contribution is 9.10. The first kappa shape index (κ1) is 20.1. The van der Waals surface area contributed by atoms with E-state index in [1.54, 1.807) is 4.90 Å².